The number of para-hydroxylation sites is 2. The van der Waals surface area contributed by atoms with E-state index in [0.29, 0.717) is 23.8 Å². The molecule has 0 aliphatic carbocycles. The Morgan fingerprint density at radius 3 is 2.52 bits per heavy atom. The number of carbonyl (C=O) groups excluding carboxylic acids is 1. The average Bonchev–Trinajstić information content (AvgIpc) is 2.99. The van der Waals surface area contributed by atoms with E-state index in [1.807, 2.05) is 48.0 Å². The number of amides is 1. The summed E-state index contributed by atoms with van der Waals surface area (Å²) in [5.41, 5.74) is 2.64. The van der Waals surface area contributed by atoms with Gasteiger partial charge >= 0.3 is 0 Å². The first-order valence-electron chi connectivity index (χ1n) is 8.20. The molecule has 6 nitrogen and oxygen atoms in total. The molecule has 0 bridgehead atoms. The molecule has 1 saturated heterocycles. The minimum absolute atomic E-state index is 0.577. The fourth-order valence-corrected chi connectivity index (χ4v) is 3.37. The van der Waals surface area contributed by atoms with Crippen molar-refractivity contribution in [3.63, 3.8) is 0 Å². The molecule has 4 rings (SSSR count). The Balaban J connectivity index is 1.72. The van der Waals surface area contributed by atoms with Crippen LogP contribution in [-0.2, 0) is 11.8 Å². The van der Waals surface area contributed by atoms with E-state index in [4.69, 9.17) is 21.6 Å². The van der Waals surface area contributed by atoms with Gasteiger partial charge in [-0.1, -0.05) is 23.7 Å². The second-order valence-electron chi connectivity index (χ2n) is 6.11. The number of carbonyl (C=O) groups is 1. The molecule has 1 fully saturated rings. The molecule has 128 valence electrons. The number of anilines is 1. The maximum absolute atomic E-state index is 10.9. The van der Waals surface area contributed by atoms with Crippen LogP contribution in [0.15, 0.2) is 36.4 Å². The zero-order valence-electron chi connectivity index (χ0n) is 13.9. The molecule has 3 heterocycles. The van der Waals surface area contributed by atoms with Crippen LogP contribution in [0.3, 0.4) is 0 Å². The van der Waals surface area contributed by atoms with Crippen molar-refractivity contribution >= 4 is 34.9 Å². The number of aromatic nitrogens is 3. The first-order valence-corrected chi connectivity index (χ1v) is 8.58. The monoisotopic (exact) mass is 355 g/mol. The van der Waals surface area contributed by atoms with Gasteiger partial charge in [-0.3, -0.25) is 4.79 Å². The van der Waals surface area contributed by atoms with Gasteiger partial charge in [0.15, 0.2) is 5.82 Å². The van der Waals surface area contributed by atoms with Crippen LogP contribution in [0.2, 0.25) is 5.02 Å². The SMILES string of the molecule is Cn1c(-c2nc(N3CCN(C=O)CC3)ccc2Cl)nc2ccccc21. The highest BCUT2D eigenvalue weighted by molar-refractivity contribution is 6.33. The number of rotatable bonds is 3. The number of imidazole rings is 1. The van der Waals surface area contributed by atoms with Crippen molar-refractivity contribution in [3.8, 4) is 11.5 Å². The smallest absolute Gasteiger partial charge is 0.209 e. The lowest BCUT2D eigenvalue weighted by molar-refractivity contribution is -0.118. The molecule has 0 saturated carbocycles. The summed E-state index contributed by atoms with van der Waals surface area (Å²) in [6.07, 6.45) is 0.900. The molecular weight excluding hydrogens is 338 g/mol. The molecular formula is C18H18ClN5O. The summed E-state index contributed by atoms with van der Waals surface area (Å²) in [7, 11) is 1.97. The number of piperazine rings is 1. The highest BCUT2D eigenvalue weighted by Crippen LogP contribution is 2.30. The second-order valence-corrected chi connectivity index (χ2v) is 6.52. The van der Waals surface area contributed by atoms with Gasteiger partial charge in [-0.25, -0.2) is 9.97 Å². The molecule has 0 radical (unpaired) electrons. The van der Waals surface area contributed by atoms with Crippen molar-refractivity contribution in [2.45, 2.75) is 0 Å². The fourth-order valence-electron chi connectivity index (χ4n) is 3.18. The lowest BCUT2D eigenvalue weighted by Gasteiger charge is -2.33. The zero-order valence-corrected chi connectivity index (χ0v) is 14.6. The van der Waals surface area contributed by atoms with Crippen LogP contribution >= 0.6 is 11.6 Å². The number of benzene rings is 1. The number of aryl methyl sites for hydroxylation is 1. The van der Waals surface area contributed by atoms with E-state index in [1.165, 1.54) is 0 Å². The molecule has 1 amide bonds. The third kappa shape index (κ3) is 2.82. The molecule has 0 spiro atoms. The van der Waals surface area contributed by atoms with E-state index in [-0.39, 0.29) is 0 Å². The minimum atomic E-state index is 0.577. The normalized spacial score (nSPS) is 15.0. The standard InChI is InChI=1S/C18H18ClN5O/c1-22-15-5-3-2-4-14(15)20-18(22)17-13(19)6-7-16(21-17)24-10-8-23(12-25)9-11-24/h2-7,12H,8-11H2,1H3. The van der Waals surface area contributed by atoms with Crippen LogP contribution in [0, 0.1) is 0 Å². The van der Waals surface area contributed by atoms with Crippen LogP contribution in [0.4, 0.5) is 5.82 Å². The summed E-state index contributed by atoms with van der Waals surface area (Å²) in [6.45, 7) is 2.93. The summed E-state index contributed by atoms with van der Waals surface area (Å²) >= 11 is 6.43. The van der Waals surface area contributed by atoms with Gasteiger partial charge in [-0.05, 0) is 24.3 Å². The number of hydrogen-bond acceptors (Lipinski definition) is 4. The third-order valence-electron chi connectivity index (χ3n) is 4.62. The number of fused-ring (bicyclic) bond motifs is 1. The largest absolute Gasteiger partial charge is 0.353 e. The van der Waals surface area contributed by atoms with Crippen LogP contribution in [-0.4, -0.2) is 52.0 Å². The Bertz CT molecular complexity index is 930. The number of halogens is 1. The Labute approximate surface area is 150 Å². The summed E-state index contributed by atoms with van der Waals surface area (Å²) < 4.78 is 2.01. The van der Waals surface area contributed by atoms with Gasteiger partial charge in [-0.2, -0.15) is 0 Å². The summed E-state index contributed by atoms with van der Waals surface area (Å²) in [5, 5.41) is 0.577. The first kappa shape index (κ1) is 15.9. The molecule has 7 heteroatoms. The third-order valence-corrected chi connectivity index (χ3v) is 4.92. The maximum Gasteiger partial charge on any atom is 0.209 e. The first-order chi connectivity index (χ1) is 12.2. The van der Waals surface area contributed by atoms with Gasteiger partial charge in [0.1, 0.15) is 11.5 Å². The highest BCUT2D eigenvalue weighted by Gasteiger charge is 2.20. The molecule has 0 atom stereocenters. The lowest BCUT2D eigenvalue weighted by atomic mass is 10.3. The zero-order chi connectivity index (χ0) is 17.4. The molecule has 0 unspecified atom stereocenters. The Hall–Kier alpha value is -2.60. The van der Waals surface area contributed by atoms with E-state index in [0.717, 1.165) is 42.2 Å². The fraction of sp³-hybridized carbons (Fsp3) is 0.278. The van der Waals surface area contributed by atoms with Crippen molar-refractivity contribution < 1.29 is 4.79 Å². The van der Waals surface area contributed by atoms with Crippen LogP contribution in [0.5, 0.6) is 0 Å². The minimum Gasteiger partial charge on any atom is -0.353 e. The van der Waals surface area contributed by atoms with E-state index < -0.39 is 0 Å². The van der Waals surface area contributed by atoms with Crippen molar-refractivity contribution in [1.29, 1.82) is 0 Å². The van der Waals surface area contributed by atoms with Crippen molar-refractivity contribution in [3.05, 3.63) is 41.4 Å². The van der Waals surface area contributed by atoms with Gasteiger partial charge in [-0.15, -0.1) is 0 Å². The van der Waals surface area contributed by atoms with Crippen molar-refractivity contribution in [1.82, 2.24) is 19.4 Å². The molecule has 2 aromatic heterocycles. The van der Waals surface area contributed by atoms with Gasteiger partial charge in [0.2, 0.25) is 6.41 Å². The lowest BCUT2D eigenvalue weighted by Crippen LogP contribution is -2.46. The van der Waals surface area contributed by atoms with Crippen LogP contribution in [0.25, 0.3) is 22.6 Å². The topological polar surface area (TPSA) is 54.3 Å². The highest BCUT2D eigenvalue weighted by atomic mass is 35.5. The molecule has 1 aliphatic rings. The predicted molar refractivity (Wildman–Crippen MR) is 98.8 cm³/mol. The predicted octanol–water partition coefficient (Wildman–Crippen LogP) is 2.57. The van der Waals surface area contributed by atoms with Gasteiger partial charge < -0.3 is 14.4 Å². The molecule has 0 N–H and O–H groups in total. The molecule has 1 aliphatic heterocycles. The number of nitrogens with zero attached hydrogens (tertiary/aromatic N) is 5. The van der Waals surface area contributed by atoms with E-state index in [1.54, 1.807) is 4.90 Å². The number of pyridine rings is 1. The van der Waals surface area contributed by atoms with Gasteiger partial charge in [0.25, 0.3) is 0 Å². The maximum atomic E-state index is 10.9. The Morgan fingerprint density at radius 1 is 1.04 bits per heavy atom. The average molecular weight is 356 g/mol. The number of hydrogen-bond donors (Lipinski definition) is 0. The van der Waals surface area contributed by atoms with Crippen molar-refractivity contribution in [2.24, 2.45) is 7.05 Å². The Morgan fingerprint density at radius 2 is 1.80 bits per heavy atom. The van der Waals surface area contributed by atoms with Crippen LogP contribution in [0.1, 0.15) is 0 Å². The van der Waals surface area contributed by atoms with Crippen molar-refractivity contribution in [2.75, 3.05) is 31.1 Å². The summed E-state index contributed by atoms with van der Waals surface area (Å²) in [4.78, 5) is 24.3. The quantitative estimate of drug-likeness (QED) is 0.678. The summed E-state index contributed by atoms with van der Waals surface area (Å²) in [6, 6.07) is 11.8. The van der Waals surface area contributed by atoms with Gasteiger partial charge in [0.05, 0.1) is 16.1 Å². The van der Waals surface area contributed by atoms with E-state index in [9.17, 15) is 4.79 Å². The van der Waals surface area contributed by atoms with Crippen LogP contribution < -0.4 is 4.90 Å². The van der Waals surface area contributed by atoms with E-state index >= 15 is 0 Å². The van der Waals surface area contributed by atoms with Gasteiger partial charge in [0, 0.05) is 33.2 Å². The Kier molecular flexibility index (Phi) is 4.05. The summed E-state index contributed by atoms with van der Waals surface area (Å²) in [5.74, 6) is 1.61. The molecule has 25 heavy (non-hydrogen) atoms. The second kappa shape index (κ2) is 6.37. The van der Waals surface area contributed by atoms with E-state index in [2.05, 4.69) is 4.90 Å². The molecule has 1 aromatic carbocycles. The molecule has 3 aromatic rings.